The number of hydrogen-bond acceptors (Lipinski definition) is 4. The zero-order valence-corrected chi connectivity index (χ0v) is 11.6. The summed E-state index contributed by atoms with van der Waals surface area (Å²) in [7, 11) is 3.99. The van der Waals surface area contributed by atoms with Gasteiger partial charge in [-0.15, -0.1) is 0 Å². The number of likely N-dealkylation sites (N-methyl/N-ethyl adjacent to an activating group) is 1. The largest absolute Gasteiger partial charge is 0.311 e. The third kappa shape index (κ3) is 4.25. The third-order valence-electron chi connectivity index (χ3n) is 2.87. The van der Waals surface area contributed by atoms with Crippen molar-refractivity contribution in [3.8, 4) is 0 Å². The molecule has 1 rings (SSSR count). The van der Waals surface area contributed by atoms with Gasteiger partial charge in [0.15, 0.2) is 0 Å². The fourth-order valence-electron chi connectivity index (χ4n) is 1.47. The molecule has 100 valence electrons. The van der Waals surface area contributed by atoms with Crippen LogP contribution in [0.25, 0.3) is 0 Å². The number of hydrogen-bond donors (Lipinski definition) is 1. The van der Waals surface area contributed by atoms with Crippen LogP contribution in [0.1, 0.15) is 12.5 Å². The molecule has 1 atom stereocenters. The second-order valence-electron chi connectivity index (χ2n) is 4.47. The van der Waals surface area contributed by atoms with Crippen LogP contribution in [0.5, 0.6) is 0 Å². The van der Waals surface area contributed by atoms with Crippen molar-refractivity contribution in [1.82, 2.24) is 10.2 Å². The van der Waals surface area contributed by atoms with Gasteiger partial charge in [0.05, 0.1) is 4.92 Å². The van der Waals surface area contributed by atoms with Gasteiger partial charge in [-0.2, -0.15) is 0 Å². The van der Waals surface area contributed by atoms with E-state index in [1.165, 1.54) is 12.1 Å². The van der Waals surface area contributed by atoms with Crippen molar-refractivity contribution in [2.75, 3.05) is 20.6 Å². The van der Waals surface area contributed by atoms with Gasteiger partial charge in [-0.3, -0.25) is 10.1 Å². The molecule has 1 unspecified atom stereocenters. The van der Waals surface area contributed by atoms with Crippen LogP contribution in [0, 0.1) is 10.1 Å². The molecule has 0 spiro atoms. The van der Waals surface area contributed by atoms with Crippen molar-refractivity contribution in [2.45, 2.75) is 19.5 Å². The maximum atomic E-state index is 10.9. The Morgan fingerprint density at radius 1 is 1.50 bits per heavy atom. The van der Waals surface area contributed by atoms with Gasteiger partial charge in [0.25, 0.3) is 5.69 Å². The van der Waals surface area contributed by atoms with E-state index >= 15 is 0 Å². The minimum atomic E-state index is -0.386. The fraction of sp³-hybridized carbons (Fsp3) is 0.500. The number of halogens is 1. The lowest BCUT2D eigenvalue weighted by atomic mass is 10.1. The van der Waals surface area contributed by atoms with Gasteiger partial charge in [-0.05, 0) is 33.2 Å². The minimum Gasteiger partial charge on any atom is -0.311 e. The highest BCUT2D eigenvalue weighted by Gasteiger charge is 2.13. The molecule has 0 radical (unpaired) electrons. The van der Waals surface area contributed by atoms with E-state index < -0.39 is 0 Å². The molecule has 0 saturated carbocycles. The van der Waals surface area contributed by atoms with Gasteiger partial charge in [0.1, 0.15) is 0 Å². The summed E-state index contributed by atoms with van der Waals surface area (Å²) in [4.78, 5) is 12.6. The van der Waals surface area contributed by atoms with Gasteiger partial charge in [0.2, 0.25) is 0 Å². The van der Waals surface area contributed by atoms with E-state index in [2.05, 4.69) is 17.1 Å². The summed E-state index contributed by atoms with van der Waals surface area (Å²) in [5.41, 5.74) is 0.711. The summed E-state index contributed by atoms with van der Waals surface area (Å²) >= 11 is 5.85. The molecule has 0 aliphatic heterocycles. The Kier molecular flexibility index (Phi) is 5.53. The summed E-state index contributed by atoms with van der Waals surface area (Å²) in [6.45, 7) is 3.28. The predicted molar refractivity (Wildman–Crippen MR) is 73.0 cm³/mol. The first kappa shape index (κ1) is 14.9. The zero-order valence-electron chi connectivity index (χ0n) is 10.8. The van der Waals surface area contributed by atoms with E-state index in [0.717, 1.165) is 6.54 Å². The van der Waals surface area contributed by atoms with Crippen molar-refractivity contribution >= 4 is 17.3 Å². The standard InChI is InChI=1S/C12H18ClN3O2/c1-9(15(2)3)7-14-8-10-6-11(13)4-5-12(10)16(17)18/h4-6,9,14H,7-8H2,1-3H3. The van der Waals surface area contributed by atoms with Crippen LogP contribution >= 0.6 is 11.6 Å². The SMILES string of the molecule is CC(CNCc1cc(Cl)ccc1[N+](=O)[O-])N(C)C. The first-order chi connectivity index (χ1) is 8.41. The summed E-state index contributed by atoms with van der Waals surface area (Å²) in [6, 6.07) is 4.97. The van der Waals surface area contributed by atoms with Crippen molar-refractivity contribution < 1.29 is 4.92 Å². The number of benzene rings is 1. The molecule has 0 amide bonds. The van der Waals surface area contributed by atoms with Crippen LogP contribution in [0.3, 0.4) is 0 Å². The van der Waals surface area contributed by atoms with Crippen LogP contribution < -0.4 is 5.32 Å². The molecular weight excluding hydrogens is 254 g/mol. The normalized spacial score (nSPS) is 12.7. The number of nitro benzene ring substituents is 1. The van der Waals surface area contributed by atoms with Gasteiger partial charge in [0, 0.05) is 35.8 Å². The van der Waals surface area contributed by atoms with E-state index in [4.69, 9.17) is 11.6 Å². The third-order valence-corrected chi connectivity index (χ3v) is 3.11. The Morgan fingerprint density at radius 2 is 2.17 bits per heavy atom. The number of nitrogens with zero attached hydrogens (tertiary/aromatic N) is 2. The van der Waals surface area contributed by atoms with E-state index in [9.17, 15) is 10.1 Å². The molecule has 18 heavy (non-hydrogen) atoms. The summed E-state index contributed by atoms with van der Waals surface area (Å²) in [5.74, 6) is 0. The lowest BCUT2D eigenvalue weighted by Gasteiger charge is -2.20. The number of nitro groups is 1. The molecule has 0 aliphatic carbocycles. The molecule has 6 heteroatoms. The Morgan fingerprint density at radius 3 is 2.72 bits per heavy atom. The summed E-state index contributed by atoms with van der Waals surface area (Å²) in [5, 5.41) is 14.6. The number of rotatable bonds is 6. The van der Waals surface area contributed by atoms with Gasteiger partial charge < -0.3 is 10.2 Å². The molecule has 1 aromatic rings. The second kappa shape index (κ2) is 6.68. The topological polar surface area (TPSA) is 58.4 Å². The highest BCUT2D eigenvalue weighted by atomic mass is 35.5. The Balaban J connectivity index is 2.66. The highest BCUT2D eigenvalue weighted by molar-refractivity contribution is 6.30. The maximum Gasteiger partial charge on any atom is 0.273 e. The average Bonchev–Trinajstić information content (AvgIpc) is 2.28. The second-order valence-corrected chi connectivity index (χ2v) is 4.91. The molecular formula is C12H18ClN3O2. The lowest BCUT2D eigenvalue weighted by Crippen LogP contribution is -2.35. The lowest BCUT2D eigenvalue weighted by molar-refractivity contribution is -0.385. The van der Waals surface area contributed by atoms with Crippen LogP contribution in [-0.4, -0.2) is 36.5 Å². The minimum absolute atomic E-state index is 0.101. The monoisotopic (exact) mass is 271 g/mol. The van der Waals surface area contributed by atoms with Crippen molar-refractivity contribution in [3.05, 3.63) is 38.9 Å². The molecule has 0 saturated heterocycles. The van der Waals surface area contributed by atoms with Gasteiger partial charge >= 0.3 is 0 Å². The predicted octanol–water partition coefficient (Wildman–Crippen LogP) is 2.29. The number of nitrogens with one attached hydrogen (secondary N) is 1. The molecule has 0 bridgehead atoms. The van der Waals surface area contributed by atoms with E-state index in [-0.39, 0.29) is 10.6 Å². The smallest absolute Gasteiger partial charge is 0.273 e. The van der Waals surface area contributed by atoms with Crippen LogP contribution in [0.15, 0.2) is 18.2 Å². The van der Waals surface area contributed by atoms with Gasteiger partial charge in [-0.25, -0.2) is 0 Å². The fourth-order valence-corrected chi connectivity index (χ4v) is 1.67. The van der Waals surface area contributed by atoms with Crippen LogP contribution in [-0.2, 0) is 6.54 Å². The van der Waals surface area contributed by atoms with Crippen LogP contribution in [0.4, 0.5) is 5.69 Å². The van der Waals surface area contributed by atoms with Crippen molar-refractivity contribution in [1.29, 1.82) is 0 Å². The summed E-state index contributed by atoms with van der Waals surface area (Å²) in [6.07, 6.45) is 0. The quantitative estimate of drug-likeness (QED) is 0.637. The zero-order chi connectivity index (χ0) is 13.7. The average molecular weight is 272 g/mol. The molecule has 1 aromatic carbocycles. The van der Waals surface area contributed by atoms with Crippen LogP contribution in [0.2, 0.25) is 5.02 Å². The first-order valence-electron chi connectivity index (χ1n) is 5.71. The molecule has 0 fully saturated rings. The van der Waals surface area contributed by atoms with E-state index in [1.807, 2.05) is 14.1 Å². The molecule has 0 heterocycles. The summed E-state index contributed by atoms with van der Waals surface area (Å²) < 4.78 is 0. The molecule has 0 aromatic heterocycles. The van der Waals surface area contributed by atoms with Crippen molar-refractivity contribution in [3.63, 3.8) is 0 Å². The Labute approximate surface area is 112 Å². The highest BCUT2D eigenvalue weighted by Crippen LogP contribution is 2.22. The van der Waals surface area contributed by atoms with Crippen molar-refractivity contribution in [2.24, 2.45) is 0 Å². The van der Waals surface area contributed by atoms with Gasteiger partial charge in [-0.1, -0.05) is 11.6 Å². The maximum absolute atomic E-state index is 10.9. The molecule has 5 nitrogen and oxygen atoms in total. The van der Waals surface area contributed by atoms with E-state index in [1.54, 1.807) is 6.07 Å². The first-order valence-corrected chi connectivity index (χ1v) is 6.09. The molecule has 0 aliphatic rings. The molecule has 1 N–H and O–H groups in total. The Bertz CT molecular complexity index is 424. The Hall–Kier alpha value is -1.17. The van der Waals surface area contributed by atoms with E-state index in [0.29, 0.717) is 23.2 Å².